The lowest BCUT2D eigenvalue weighted by Gasteiger charge is -2.30. The minimum Gasteiger partial charge on any atom is -0.299 e. The summed E-state index contributed by atoms with van der Waals surface area (Å²) in [4.78, 5) is 22.5. The third-order valence-electron chi connectivity index (χ3n) is 6.28. The van der Waals surface area contributed by atoms with Crippen LogP contribution in [0.15, 0.2) is 72.0 Å². The van der Waals surface area contributed by atoms with Gasteiger partial charge in [-0.3, -0.25) is 14.5 Å². The Morgan fingerprint density at radius 1 is 1.06 bits per heavy atom. The van der Waals surface area contributed by atoms with Crippen molar-refractivity contribution in [3.63, 3.8) is 0 Å². The van der Waals surface area contributed by atoms with Gasteiger partial charge in [-0.15, -0.1) is 0 Å². The van der Waals surface area contributed by atoms with Crippen LogP contribution in [0.2, 0.25) is 0 Å². The van der Waals surface area contributed by atoms with E-state index < -0.39 is 10.0 Å². The second-order valence-corrected chi connectivity index (χ2v) is 10.5. The van der Waals surface area contributed by atoms with Crippen molar-refractivity contribution in [2.24, 2.45) is 13.0 Å². The average Bonchev–Trinajstić information content (AvgIpc) is 3.30. The molecule has 0 unspecified atom stereocenters. The Kier molecular flexibility index (Phi) is 5.97. The molecule has 0 amide bonds. The minimum absolute atomic E-state index is 0.0898. The van der Waals surface area contributed by atoms with Gasteiger partial charge >= 0.3 is 0 Å². The first-order valence-electron chi connectivity index (χ1n) is 11.2. The molecule has 1 aliphatic rings. The first kappa shape index (κ1) is 22.4. The molecule has 3 aromatic heterocycles. The number of hydrogen-bond acceptors (Lipinski definition) is 6. The summed E-state index contributed by atoms with van der Waals surface area (Å²) < 4.78 is 28.9. The van der Waals surface area contributed by atoms with Gasteiger partial charge in [0.1, 0.15) is 5.78 Å². The molecule has 9 heteroatoms. The number of benzene rings is 1. The molecule has 0 aliphatic carbocycles. The molecule has 1 fully saturated rings. The van der Waals surface area contributed by atoms with E-state index in [2.05, 4.69) is 10.1 Å². The number of hydrogen-bond donors (Lipinski definition) is 0. The minimum atomic E-state index is -3.52. The smallest absolute Gasteiger partial charge is 0.243 e. The van der Waals surface area contributed by atoms with Crippen LogP contribution in [-0.4, -0.2) is 51.3 Å². The molecule has 34 heavy (non-hydrogen) atoms. The maximum atomic E-state index is 13.0. The summed E-state index contributed by atoms with van der Waals surface area (Å²) >= 11 is 0. The van der Waals surface area contributed by atoms with E-state index in [1.807, 2.05) is 31.4 Å². The predicted molar refractivity (Wildman–Crippen MR) is 128 cm³/mol. The number of fused-ring (bicyclic) bond motifs is 1. The van der Waals surface area contributed by atoms with Crippen molar-refractivity contribution in [1.29, 1.82) is 0 Å². The Labute approximate surface area is 198 Å². The van der Waals surface area contributed by atoms with Gasteiger partial charge in [-0.1, -0.05) is 18.2 Å². The number of sulfonamides is 1. The molecule has 0 atom stereocenters. The average molecular weight is 476 g/mol. The van der Waals surface area contributed by atoms with Gasteiger partial charge < -0.3 is 0 Å². The summed E-state index contributed by atoms with van der Waals surface area (Å²) in [5, 5.41) is 5.10. The topological polar surface area (TPSA) is 98.1 Å². The molecule has 0 radical (unpaired) electrons. The molecule has 1 aliphatic heterocycles. The molecular formula is C25H25N5O3S. The van der Waals surface area contributed by atoms with Crippen LogP contribution in [0.25, 0.3) is 22.2 Å². The number of piperidine rings is 1. The molecule has 8 nitrogen and oxygen atoms in total. The standard InChI is InChI=1S/C25H25N5O3S/c1-29-17-20(16-27-29)23-8-7-19-15-26-21(13-24(19)28-23)14-25(31)18-9-11-30(12-10-18)34(32,33)22-5-3-2-4-6-22/h2-8,13,15-18H,9-12,14H2,1H3. The third kappa shape index (κ3) is 4.49. The Morgan fingerprint density at radius 3 is 2.53 bits per heavy atom. The number of aromatic nitrogens is 4. The van der Waals surface area contributed by atoms with Crippen LogP contribution in [0, 0.1) is 5.92 Å². The van der Waals surface area contributed by atoms with Crippen LogP contribution >= 0.6 is 0 Å². The predicted octanol–water partition coefficient (Wildman–Crippen LogP) is 3.24. The quantitative estimate of drug-likeness (QED) is 0.425. The van der Waals surface area contributed by atoms with Crippen LogP contribution in [0.3, 0.4) is 0 Å². The fourth-order valence-corrected chi connectivity index (χ4v) is 5.84. The van der Waals surface area contributed by atoms with Gasteiger partial charge in [-0.25, -0.2) is 13.4 Å². The zero-order valence-electron chi connectivity index (χ0n) is 18.8. The van der Waals surface area contributed by atoms with Crippen LogP contribution in [0.1, 0.15) is 18.5 Å². The molecule has 1 saturated heterocycles. The third-order valence-corrected chi connectivity index (χ3v) is 8.19. The summed E-state index contributed by atoms with van der Waals surface area (Å²) in [7, 11) is -1.66. The van der Waals surface area contributed by atoms with Gasteiger partial charge in [-0.05, 0) is 43.2 Å². The molecule has 0 bridgehead atoms. The number of rotatable bonds is 6. The van der Waals surface area contributed by atoms with Crippen molar-refractivity contribution in [3.05, 3.63) is 72.8 Å². The van der Waals surface area contributed by atoms with E-state index in [4.69, 9.17) is 4.98 Å². The van der Waals surface area contributed by atoms with E-state index in [0.29, 0.717) is 36.5 Å². The lowest BCUT2D eigenvalue weighted by atomic mass is 9.91. The highest BCUT2D eigenvalue weighted by Crippen LogP contribution is 2.26. The van der Waals surface area contributed by atoms with E-state index in [0.717, 1.165) is 22.2 Å². The van der Waals surface area contributed by atoms with Gasteiger partial charge in [0.05, 0.1) is 22.3 Å². The highest BCUT2D eigenvalue weighted by Gasteiger charge is 2.32. The van der Waals surface area contributed by atoms with E-state index in [-0.39, 0.29) is 18.1 Å². The number of nitrogens with zero attached hydrogens (tertiary/aromatic N) is 5. The zero-order chi connectivity index (χ0) is 23.7. The fourth-order valence-electron chi connectivity index (χ4n) is 4.35. The van der Waals surface area contributed by atoms with Crippen molar-refractivity contribution in [1.82, 2.24) is 24.1 Å². The van der Waals surface area contributed by atoms with Crippen molar-refractivity contribution in [2.75, 3.05) is 13.1 Å². The van der Waals surface area contributed by atoms with Crippen molar-refractivity contribution < 1.29 is 13.2 Å². The van der Waals surface area contributed by atoms with Gasteiger partial charge in [0.2, 0.25) is 10.0 Å². The summed E-state index contributed by atoms with van der Waals surface area (Å²) in [6, 6.07) is 14.2. The van der Waals surface area contributed by atoms with Gasteiger partial charge in [0, 0.05) is 61.5 Å². The molecular weight excluding hydrogens is 450 g/mol. The normalized spacial score (nSPS) is 15.6. The molecule has 174 valence electrons. The van der Waals surface area contributed by atoms with E-state index in [1.165, 1.54) is 4.31 Å². The first-order chi connectivity index (χ1) is 16.4. The number of carbonyl (C=O) groups excluding carboxylic acids is 1. The molecule has 0 saturated carbocycles. The van der Waals surface area contributed by atoms with Crippen molar-refractivity contribution in [3.8, 4) is 11.3 Å². The molecule has 1 aromatic carbocycles. The Bertz CT molecular complexity index is 1440. The lowest BCUT2D eigenvalue weighted by Crippen LogP contribution is -2.40. The Morgan fingerprint density at radius 2 is 1.82 bits per heavy atom. The van der Waals surface area contributed by atoms with Crippen LogP contribution < -0.4 is 0 Å². The Balaban J connectivity index is 1.26. The molecule has 0 N–H and O–H groups in total. The first-order valence-corrected chi connectivity index (χ1v) is 12.7. The summed E-state index contributed by atoms with van der Waals surface area (Å²) in [5.74, 6) is -0.0820. The SMILES string of the molecule is Cn1cc(-c2ccc3cnc(CC(=O)C4CCN(S(=O)(=O)c5ccccc5)CC4)cc3n2)cn1. The second kappa shape index (κ2) is 9.08. The molecule has 0 spiro atoms. The lowest BCUT2D eigenvalue weighted by molar-refractivity contribution is -0.123. The van der Waals surface area contributed by atoms with Gasteiger partial charge in [0.15, 0.2) is 0 Å². The number of pyridine rings is 2. The highest BCUT2D eigenvalue weighted by molar-refractivity contribution is 7.89. The fraction of sp³-hybridized carbons (Fsp3) is 0.280. The highest BCUT2D eigenvalue weighted by atomic mass is 32.2. The van der Waals surface area contributed by atoms with Crippen LogP contribution in [0.4, 0.5) is 0 Å². The maximum absolute atomic E-state index is 13.0. The Hall–Kier alpha value is -3.43. The van der Waals surface area contributed by atoms with Gasteiger partial charge in [-0.2, -0.15) is 9.40 Å². The monoisotopic (exact) mass is 475 g/mol. The number of carbonyl (C=O) groups is 1. The van der Waals surface area contributed by atoms with Crippen molar-refractivity contribution >= 4 is 26.7 Å². The number of ketones is 1. The summed E-state index contributed by atoms with van der Waals surface area (Å²) in [6.45, 7) is 0.684. The molecule has 5 rings (SSSR count). The summed E-state index contributed by atoms with van der Waals surface area (Å²) in [6.07, 6.45) is 6.66. The van der Waals surface area contributed by atoms with Crippen LogP contribution in [0.5, 0.6) is 0 Å². The number of aryl methyl sites for hydroxylation is 1. The molecule has 4 aromatic rings. The van der Waals surface area contributed by atoms with Crippen molar-refractivity contribution in [2.45, 2.75) is 24.2 Å². The number of Topliss-reactive ketones (excluding diaryl/α,β-unsaturated/α-hetero) is 1. The zero-order valence-corrected chi connectivity index (χ0v) is 19.6. The van der Waals surface area contributed by atoms with E-state index in [1.54, 1.807) is 47.4 Å². The second-order valence-electron chi connectivity index (χ2n) is 8.60. The van der Waals surface area contributed by atoms with E-state index >= 15 is 0 Å². The van der Waals surface area contributed by atoms with Gasteiger partial charge in [0.25, 0.3) is 0 Å². The largest absolute Gasteiger partial charge is 0.299 e. The molecule has 4 heterocycles. The maximum Gasteiger partial charge on any atom is 0.243 e. The summed E-state index contributed by atoms with van der Waals surface area (Å²) in [5.41, 5.74) is 3.20. The van der Waals surface area contributed by atoms with Crippen LogP contribution in [-0.2, 0) is 28.3 Å². The van der Waals surface area contributed by atoms with E-state index in [9.17, 15) is 13.2 Å².